The summed E-state index contributed by atoms with van der Waals surface area (Å²) < 4.78 is 19.3. The molecule has 0 amide bonds. The second-order valence-electron chi connectivity index (χ2n) is 6.77. The van der Waals surface area contributed by atoms with Crippen molar-refractivity contribution in [2.24, 2.45) is 4.99 Å². The average molecular weight is 358 g/mol. The number of aliphatic imine (C=N–C) groups is 1. The predicted molar refractivity (Wildman–Crippen MR) is 101 cm³/mol. The molecule has 140 valence electrons. The molecule has 2 N–H and O–H groups in total. The zero-order valence-electron chi connectivity index (χ0n) is 15.6. The van der Waals surface area contributed by atoms with Crippen molar-refractivity contribution >= 4 is 5.96 Å². The fourth-order valence-corrected chi connectivity index (χ4v) is 3.33. The highest BCUT2D eigenvalue weighted by atomic mass is 19.1. The van der Waals surface area contributed by atoms with E-state index in [2.05, 4.69) is 34.6 Å². The number of aromatic nitrogens is 1. The van der Waals surface area contributed by atoms with Gasteiger partial charge in [-0.3, -0.25) is 4.99 Å². The maximum absolute atomic E-state index is 13.9. The predicted octanol–water partition coefficient (Wildman–Crippen LogP) is 3.94. The summed E-state index contributed by atoms with van der Waals surface area (Å²) in [6.07, 6.45) is 3.01. The SMILES string of the molecule is CCC(CC)c1cc(CNC(=NC)NC2CC2c2ccccc2F)on1. The normalized spacial score (nSPS) is 19.7. The molecule has 0 radical (unpaired) electrons. The zero-order chi connectivity index (χ0) is 18.5. The molecule has 1 heterocycles. The first-order valence-electron chi connectivity index (χ1n) is 9.33. The van der Waals surface area contributed by atoms with Crippen LogP contribution in [0.15, 0.2) is 39.8 Å². The van der Waals surface area contributed by atoms with Crippen molar-refractivity contribution in [2.45, 2.75) is 57.5 Å². The number of rotatable bonds is 7. The molecule has 0 saturated heterocycles. The van der Waals surface area contributed by atoms with Gasteiger partial charge in [-0.25, -0.2) is 4.39 Å². The molecular weight excluding hydrogens is 331 g/mol. The number of nitrogens with zero attached hydrogens (tertiary/aromatic N) is 2. The van der Waals surface area contributed by atoms with Crippen LogP contribution in [0.4, 0.5) is 4.39 Å². The van der Waals surface area contributed by atoms with Gasteiger partial charge in [-0.15, -0.1) is 0 Å². The van der Waals surface area contributed by atoms with Crippen molar-refractivity contribution in [3.05, 3.63) is 53.2 Å². The third kappa shape index (κ3) is 4.23. The van der Waals surface area contributed by atoms with E-state index in [0.29, 0.717) is 18.4 Å². The molecule has 1 fully saturated rings. The van der Waals surface area contributed by atoms with Gasteiger partial charge in [0.05, 0.1) is 12.2 Å². The Morgan fingerprint density at radius 1 is 1.35 bits per heavy atom. The highest BCUT2D eigenvalue weighted by Gasteiger charge is 2.40. The van der Waals surface area contributed by atoms with E-state index in [1.165, 1.54) is 6.07 Å². The van der Waals surface area contributed by atoms with Crippen LogP contribution in [0, 0.1) is 5.82 Å². The Morgan fingerprint density at radius 3 is 2.81 bits per heavy atom. The van der Waals surface area contributed by atoms with Crippen LogP contribution in [0.1, 0.15) is 62.0 Å². The summed E-state index contributed by atoms with van der Waals surface area (Å²) in [6.45, 7) is 4.84. The van der Waals surface area contributed by atoms with Crippen LogP contribution in [0.3, 0.4) is 0 Å². The first kappa shape index (κ1) is 18.4. The van der Waals surface area contributed by atoms with Crippen molar-refractivity contribution < 1.29 is 8.91 Å². The van der Waals surface area contributed by atoms with Gasteiger partial charge in [-0.1, -0.05) is 37.2 Å². The quantitative estimate of drug-likeness (QED) is 0.581. The molecule has 3 rings (SSSR count). The molecule has 5 nitrogen and oxygen atoms in total. The number of hydrogen-bond acceptors (Lipinski definition) is 3. The van der Waals surface area contributed by atoms with Gasteiger partial charge in [0.25, 0.3) is 0 Å². The molecule has 2 unspecified atom stereocenters. The second kappa shape index (κ2) is 8.34. The molecule has 1 saturated carbocycles. The van der Waals surface area contributed by atoms with E-state index in [9.17, 15) is 4.39 Å². The molecule has 1 aliphatic rings. The van der Waals surface area contributed by atoms with Crippen molar-refractivity contribution in [2.75, 3.05) is 7.05 Å². The number of guanidine groups is 1. The number of hydrogen-bond donors (Lipinski definition) is 2. The van der Waals surface area contributed by atoms with Crippen molar-refractivity contribution in [1.29, 1.82) is 0 Å². The Kier molecular flexibility index (Phi) is 5.91. The van der Waals surface area contributed by atoms with E-state index in [4.69, 9.17) is 4.52 Å². The lowest BCUT2D eigenvalue weighted by molar-refractivity contribution is 0.368. The molecule has 6 heteroatoms. The zero-order valence-corrected chi connectivity index (χ0v) is 15.6. The molecular formula is C20H27FN4O. The number of nitrogens with one attached hydrogen (secondary N) is 2. The standard InChI is InChI=1S/C20H27FN4O/c1-4-13(5-2)18-10-14(26-25-18)12-23-20(22-3)24-19-11-16(19)15-8-6-7-9-17(15)21/h6-10,13,16,19H,4-5,11-12H2,1-3H3,(H2,22,23,24). The summed E-state index contributed by atoms with van der Waals surface area (Å²) in [7, 11) is 1.73. The third-order valence-corrected chi connectivity index (χ3v) is 5.05. The summed E-state index contributed by atoms with van der Waals surface area (Å²) in [5.74, 6) is 1.98. The Bertz CT molecular complexity index is 754. The van der Waals surface area contributed by atoms with Gasteiger partial charge < -0.3 is 15.2 Å². The van der Waals surface area contributed by atoms with Crippen LogP contribution >= 0.6 is 0 Å². The molecule has 0 spiro atoms. The van der Waals surface area contributed by atoms with Crippen LogP contribution in [0.5, 0.6) is 0 Å². The lowest BCUT2D eigenvalue weighted by atomic mass is 9.99. The van der Waals surface area contributed by atoms with E-state index in [1.54, 1.807) is 13.1 Å². The average Bonchev–Trinajstić information content (AvgIpc) is 3.26. The smallest absolute Gasteiger partial charge is 0.191 e. The summed E-state index contributed by atoms with van der Waals surface area (Å²) >= 11 is 0. The fourth-order valence-electron chi connectivity index (χ4n) is 3.33. The molecule has 2 aromatic rings. The van der Waals surface area contributed by atoms with Gasteiger partial charge in [-0.05, 0) is 30.9 Å². The first-order chi connectivity index (χ1) is 12.7. The minimum Gasteiger partial charge on any atom is -0.359 e. The van der Waals surface area contributed by atoms with Gasteiger partial charge in [-0.2, -0.15) is 0 Å². The van der Waals surface area contributed by atoms with E-state index in [-0.39, 0.29) is 17.8 Å². The second-order valence-corrected chi connectivity index (χ2v) is 6.77. The van der Waals surface area contributed by atoms with Crippen LogP contribution in [-0.4, -0.2) is 24.2 Å². The summed E-state index contributed by atoms with van der Waals surface area (Å²) in [5.41, 5.74) is 1.78. The van der Waals surface area contributed by atoms with Gasteiger partial charge in [0.15, 0.2) is 11.7 Å². The summed E-state index contributed by atoms with van der Waals surface area (Å²) in [6, 6.07) is 9.18. The van der Waals surface area contributed by atoms with E-state index in [0.717, 1.165) is 36.3 Å². The fraction of sp³-hybridized carbons (Fsp3) is 0.500. The van der Waals surface area contributed by atoms with Crippen LogP contribution in [0.25, 0.3) is 0 Å². The van der Waals surface area contributed by atoms with Gasteiger partial charge in [0.2, 0.25) is 0 Å². The third-order valence-electron chi connectivity index (χ3n) is 5.05. The minimum atomic E-state index is -0.139. The van der Waals surface area contributed by atoms with Gasteiger partial charge >= 0.3 is 0 Å². The largest absolute Gasteiger partial charge is 0.359 e. The Hall–Kier alpha value is -2.37. The highest BCUT2D eigenvalue weighted by Crippen LogP contribution is 2.41. The first-order valence-corrected chi connectivity index (χ1v) is 9.33. The summed E-state index contributed by atoms with van der Waals surface area (Å²) in [5, 5.41) is 10.8. The van der Waals surface area contributed by atoms with Crippen molar-refractivity contribution in [3.8, 4) is 0 Å². The molecule has 0 bridgehead atoms. The molecule has 0 aliphatic heterocycles. The van der Waals surface area contributed by atoms with E-state index >= 15 is 0 Å². The Labute approximate surface area is 154 Å². The molecule has 1 aromatic carbocycles. The number of benzene rings is 1. The molecule has 26 heavy (non-hydrogen) atoms. The minimum absolute atomic E-state index is 0.139. The van der Waals surface area contributed by atoms with Crippen LogP contribution in [0.2, 0.25) is 0 Å². The van der Waals surface area contributed by atoms with Gasteiger partial charge in [0, 0.05) is 31.0 Å². The number of halogens is 1. The van der Waals surface area contributed by atoms with Crippen molar-refractivity contribution in [3.63, 3.8) is 0 Å². The Balaban J connectivity index is 1.51. The topological polar surface area (TPSA) is 62.5 Å². The van der Waals surface area contributed by atoms with E-state index in [1.807, 2.05) is 18.2 Å². The molecule has 1 aromatic heterocycles. The molecule has 2 atom stereocenters. The van der Waals surface area contributed by atoms with E-state index < -0.39 is 0 Å². The lowest BCUT2D eigenvalue weighted by Crippen LogP contribution is -2.38. The van der Waals surface area contributed by atoms with Gasteiger partial charge in [0.1, 0.15) is 5.82 Å². The van der Waals surface area contributed by atoms with Crippen molar-refractivity contribution in [1.82, 2.24) is 15.8 Å². The lowest BCUT2D eigenvalue weighted by Gasteiger charge is -2.11. The molecule has 1 aliphatic carbocycles. The Morgan fingerprint density at radius 2 is 2.12 bits per heavy atom. The maximum Gasteiger partial charge on any atom is 0.191 e. The highest BCUT2D eigenvalue weighted by molar-refractivity contribution is 5.80. The summed E-state index contributed by atoms with van der Waals surface area (Å²) in [4.78, 5) is 4.25. The maximum atomic E-state index is 13.9. The van der Waals surface area contributed by atoms with Crippen LogP contribution < -0.4 is 10.6 Å². The monoisotopic (exact) mass is 358 g/mol. The van der Waals surface area contributed by atoms with Crippen LogP contribution in [-0.2, 0) is 6.54 Å².